The fourth-order valence-electron chi connectivity index (χ4n) is 5.19. The predicted molar refractivity (Wildman–Crippen MR) is 174 cm³/mol. The maximum absolute atomic E-state index is 14.5. The van der Waals surface area contributed by atoms with E-state index in [1.165, 1.54) is 0 Å². The van der Waals surface area contributed by atoms with E-state index in [4.69, 9.17) is 48.3 Å². The molecule has 0 unspecified atom stereocenters. The molecule has 1 aliphatic heterocycles. The summed E-state index contributed by atoms with van der Waals surface area (Å²) in [5.74, 6) is 0.583. The van der Waals surface area contributed by atoms with E-state index in [2.05, 4.69) is 15.3 Å². The van der Waals surface area contributed by atoms with Gasteiger partial charge in [0, 0.05) is 46.5 Å². The van der Waals surface area contributed by atoms with Gasteiger partial charge in [-0.15, -0.1) is 0 Å². The molecule has 0 aliphatic carbocycles. The minimum atomic E-state index is -1.45. The van der Waals surface area contributed by atoms with Gasteiger partial charge in [0.1, 0.15) is 5.75 Å². The summed E-state index contributed by atoms with van der Waals surface area (Å²) in [4.78, 5) is 22.5. The molecule has 45 heavy (non-hydrogen) atoms. The van der Waals surface area contributed by atoms with Gasteiger partial charge >= 0.3 is 0 Å². The predicted octanol–water partition coefficient (Wildman–Crippen LogP) is 7.38. The second kappa shape index (κ2) is 15.0. The van der Waals surface area contributed by atoms with Crippen LogP contribution in [0.4, 0.5) is 0 Å². The number of aliphatic hydroxyl groups excluding tert-OH is 1. The van der Waals surface area contributed by atoms with Crippen LogP contribution in [0.1, 0.15) is 40.3 Å². The van der Waals surface area contributed by atoms with Crippen molar-refractivity contribution in [1.29, 1.82) is 0 Å². The third kappa shape index (κ3) is 7.59. The van der Waals surface area contributed by atoms with Crippen LogP contribution >= 0.6 is 23.2 Å². The fraction of sp³-hybridized carbons (Fsp3) is 0.235. The van der Waals surface area contributed by atoms with Crippen molar-refractivity contribution in [2.45, 2.75) is 37.6 Å². The summed E-state index contributed by atoms with van der Waals surface area (Å²) in [7, 11) is 0. The molecule has 11 heteroatoms. The highest BCUT2D eigenvalue weighted by Crippen LogP contribution is 2.43. The van der Waals surface area contributed by atoms with E-state index in [1.54, 1.807) is 30.3 Å². The summed E-state index contributed by atoms with van der Waals surface area (Å²) in [6.07, 6.45) is -0.103. The number of hydrogen-bond donors (Lipinski definition) is 2. The van der Waals surface area contributed by atoms with Crippen LogP contribution in [0.25, 0.3) is 10.4 Å². The Kier molecular flexibility index (Phi) is 10.6. The Morgan fingerprint density at radius 2 is 1.73 bits per heavy atom. The lowest BCUT2D eigenvalue weighted by molar-refractivity contribution is -0.129. The molecular formula is C34H31Cl2N5O4. The number of azide groups is 1. The number of carbonyl (C=O) groups is 1. The van der Waals surface area contributed by atoms with E-state index < -0.39 is 11.6 Å². The molecular weight excluding hydrogens is 613 g/mol. The smallest absolute Gasteiger partial charge is 0.252 e. The molecule has 0 aromatic heterocycles. The largest absolute Gasteiger partial charge is 0.494 e. The van der Waals surface area contributed by atoms with E-state index >= 15 is 0 Å². The van der Waals surface area contributed by atoms with Gasteiger partial charge in [-0.1, -0.05) is 89.0 Å². The topological polar surface area (TPSA) is 129 Å². The number of ether oxygens (including phenoxy) is 2. The van der Waals surface area contributed by atoms with E-state index in [-0.39, 0.29) is 32.0 Å². The second-order valence-corrected chi connectivity index (χ2v) is 11.3. The zero-order chi connectivity index (χ0) is 31.6. The minimum absolute atomic E-state index is 0.0456. The molecule has 9 nitrogen and oxygen atoms in total. The summed E-state index contributed by atoms with van der Waals surface area (Å²) >= 11 is 12.5. The highest BCUT2D eigenvalue weighted by Gasteiger charge is 2.53. The number of nitrogens with zero attached hydrogens (tertiary/aromatic N) is 4. The Morgan fingerprint density at radius 3 is 2.44 bits per heavy atom. The number of hydrogen-bond acceptors (Lipinski definition) is 6. The van der Waals surface area contributed by atoms with E-state index in [1.807, 2.05) is 66.7 Å². The van der Waals surface area contributed by atoms with E-state index in [9.17, 15) is 4.79 Å². The van der Waals surface area contributed by atoms with Crippen LogP contribution in [0, 0.1) is 0 Å². The Morgan fingerprint density at radius 1 is 1.00 bits per heavy atom. The highest BCUT2D eigenvalue weighted by molar-refractivity contribution is 6.35. The monoisotopic (exact) mass is 643 g/mol. The van der Waals surface area contributed by atoms with Gasteiger partial charge in [0.05, 0.1) is 13.2 Å². The number of halogens is 2. The molecule has 5 rings (SSSR count). The maximum atomic E-state index is 14.5. The Labute approximate surface area is 271 Å². The van der Waals surface area contributed by atoms with Crippen LogP contribution in [0.2, 0.25) is 10.0 Å². The van der Waals surface area contributed by atoms with Gasteiger partial charge in [0.25, 0.3) is 5.91 Å². The van der Waals surface area contributed by atoms with Gasteiger partial charge in [0.15, 0.2) is 11.6 Å². The number of amides is 1. The molecule has 0 radical (unpaired) electrons. The lowest BCUT2D eigenvalue weighted by Crippen LogP contribution is -2.49. The van der Waals surface area contributed by atoms with Gasteiger partial charge in [-0.3, -0.25) is 4.79 Å². The van der Waals surface area contributed by atoms with Crippen LogP contribution in [0.3, 0.4) is 0 Å². The number of aliphatic imine (C=N–C) groups is 1. The van der Waals surface area contributed by atoms with Gasteiger partial charge in [0.2, 0.25) is 5.90 Å². The highest BCUT2D eigenvalue weighted by atomic mass is 35.5. The zero-order valence-corrected chi connectivity index (χ0v) is 25.8. The SMILES string of the molecule is [N-]=[N+]=NCc1ccccc1C[C@@]1(C(=O)NCc2ccc(Cl)cc2Cl)N=C(c2ccc(OCCCO)cc2)O[C@@H]1c1ccccc1. The van der Waals surface area contributed by atoms with Crippen molar-refractivity contribution in [3.63, 3.8) is 0 Å². The van der Waals surface area contributed by atoms with Crippen molar-refractivity contribution in [3.05, 3.63) is 145 Å². The summed E-state index contributed by atoms with van der Waals surface area (Å²) in [5, 5.41) is 16.8. The molecule has 2 atom stereocenters. The Balaban J connectivity index is 1.58. The Bertz CT molecular complexity index is 1710. The standard InChI is InChI=1S/C34H31Cl2N5O4/c35-28-14-11-27(30(36)19-28)21-38-33(43)34(20-25-9-4-5-10-26(25)22-39-41-37)31(23-7-2-1-3-8-23)45-32(40-34)24-12-15-29(16-13-24)44-18-6-17-42/h1-5,7-16,19,31,42H,6,17-18,20-22H2,(H,38,43)/t31-,34-/m1/s1. The molecule has 0 saturated carbocycles. The van der Waals surface area contributed by atoms with Crippen molar-refractivity contribution in [3.8, 4) is 5.75 Å². The molecule has 2 N–H and O–H groups in total. The molecule has 1 heterocycles. The minimum Gasteiger partial charge on any atom is -0.494 e. The quantitative estimate of drug-likeness (QED) is 0.0681. The molecule has 0 bridgehead atoms. The second-order valence-electron chi connectivity index (χ2n) is 10.5. The van der Waals surface area contributed by atoms with E-state index in [0.29, 0.717) is 45.8 Å². The average Bonchev–Trinajstić information content (AvgIpc) is 3.45. The molecule has 0 saturated heterocycles. The number of aliphatic hydroxyl groups is 1. The molecule has 1 aliphatic rings. The van der Waals surface area contributed by atoms with Crippen LogP contribution in [0.15, 0.2) is 107 Å². The third-order valence-electron chi connectivity index (χ3n) is 7.47. The molecule has 1 amide bonds. The zero-order valence-electron chi connectivity index (χ0n) is 24.3. The van der Waals surface area contributed by atoms with Crippen LogP contribution in [-0.4, -0.2) is 35.7 Å². The average molecular weight is 645 g/mol. The molecule has 0 fully saturated rings. The number of nitrogens with one attached hydrogen (secondary N) is 1. The van der Waals surface area contributed by atoms with Gasteiger partial charge in [-0.2, -0.15) is 0 Å². The fourth-order valence-corrected chi connectivity index (χ4v) is 5.66. The van der Waals surface area contributed by atoms with Crippen LogP contribution in [0.5, 0.6) is 5.75 Å². The number of carbonyl (C=O) groups excluding carboxylic acids is 1. The van der Waals surface area contributed by atoms with Gasteiger partial charge in [-0.25, -0.2) is 4.99 Å². The van der Waals surface area contributed by atoms with Crippen molar-refractivity contribution in [2.24, 2.45) is 10.1 Å². The van der Waals surface area contributed by atoms with Crippen molar-refractivity contribution in [1.82, 2.24) is 5.32 Å². The van der Waals surface area contributed by atoms with Gasteiger partial charge < -0.3 is 19.9 Å². The first-order chi connectivity index (χ1) is 21.9. The first kappa shape index (κ1) is 31.9. The summed E-state index contributed by atoms with van der Waals surface area (Å²) in [6.45, 7) is 0.697. The number of rotatable bonds is 13. The Hall–Kier alpha value is -4.53. The number of benzene rings is 4. The third-order valence-corrected chi connectivity index (χ3v) is 8.06. The first-order valence-corrected chi connectivity index (χ1v) is 15.1. The van der Waals surface area contributed by atoms with E-state index in [0.717, 1.165) is 16.7 Å². The molecule has 0 spiro atoms. The van der Waals surface area contributed by atoms with Crippen molar-refractivity contribution >= 4 is 35.0 Å². The normalized spacial score (nSPS) is 17.1. The molecule has 4 aromatic rings. The van der Waals surface area contributed by atoms with Crippen molar-refractivity contribution < 1.29 is 19.4 Å². The lowest BCUT2D eigenvalue weighted by Gasteiger charge is -2.31. The van der Waals surface area contributed by atoms with Gasteiger partial charge in [-0.05, 0) is 64.2 Å². The summed E-state index contributed by atoms with van der Waals surface area (Å²) < 4.78 is 12.3. The summed E-state index contributed by atoms with van der Waals surface area (Å²) in [6, 6.07) is 29.4. The maximum Gasteiger partial charge on any atom is 0.252 e. The summed E-state index contributed by atoms with van der Waals surface area (Å²) in [5.41, 5.74) is 11.3. The van der Waals surface area contributed by atoms with Crippen LogP contribution < -0.4 is 10.1 Å². The van der Waals surface area contributed by atoms with Crippen LogP contribution in [-0.2, 0) is 29.0 Å². The van der Waals surface area contributed by atoms with Crippen molar-refractivity contribution in [2.75, 3.05) is 13.2 Å². The lowest BCUT2D eigenvalue weighted by atomic mass is 9.81. The molecule has 230 valence electrons. The first-order valence-electron chi connectivity index (χ1n) is 14.4. The molecule has 4 aromatic carbocycles.